The Kier molecular flexibility index (Phi) is 3.48. The molecule has 0 radical (unpaired) electrons. The van der Waals surface area contributed by atoms with Crippen LogP contribution in [0.3, 0.4) is 0 Å². The quantitative estimate of drug-likeness (QED) is 0.686. The Labute approximate surface area is 140 Å². The number of aromatic nitrogens is 1. The Morgan fingerprint density at radius 2 is 1.88 bits per heavy atom. The van der Waals surface area contributed by atoms with Crippen LogP contribution in [0.15, 0.2) is 30.5 Å². The molecular weight excluding hydrogens is 335 g/mol. The minimum absolute atomic E-state index is 0.00858. The van der Waals surface area contributed by atoms with Gasteiger partial charge in [0, 0.05) is 23.7 Å². The Morgan fingerprint density at radius 3 is 2.52 bits per heavy atom. The molecule has 0 bridgehead atoms. The highest BCUT2D eigenvalue weighted by molar-refractivity contribution is 6.02. The van der Waals surface area contributed by atoms with Gasteiger partial charge in [0.15, 0.2) is 17.5 Å². The first-order valence-electron chi connectivity index (χ1n) is 7.67. The van der Waals surface area contributed by atoms with Crippen molar-refractivity contribution in [3.63, 3.8) is 0 Å². The van der Waals surface area contributed by atoms with Crippen molar-refractivity contribution >= 4 is 11.9 Å². The molecule has 1 aliphatic heterocycles. The van der Waals surface area contributed by atoms with Gasteiger partial charge < -0.3 is 5.32 Å². The molecule has 3 amide bonds. The highest BCUT2D eigenvalue weighted by Crippen LogP contribution is 2.45. The Balaban J connectivity index is 1.55. The number of urea groups is 1. The first kappa shape index (κ1) is 15.6. The van der Waals surface area contributed by atoms with Gasteiger partial charge in [-0.2, -0.15) is 0 Å². The number of hydrogen-bond acceptors (Lipinski definition) is 3. The molecule has 2 heterocycles. The van der Waals surface area contributed by atoms with E-state index in [0.29, 0.717) is 6.42 Å². The number of carbonyl (C=O) groups is 2. The summed E-state index contributed by atoms with van der Waals surface area (Å²) in [7, 11) is 0. The van der Waals surface area contributed by atoms with E-state index in [1.165, 1.54) is 17.2 Å². The van der Waals surface area contributed by atoms with Crippen molar-refractivity contribution in [2.24, 2.45) is 0 Å². The highest BCUT2D eigenvalue weighted by atomic mass is 19.2. The molecule has 2 fully saturated rings. The summed E-state index contributed by atoms with van der Waals surface area (Å²) in [5.41, 5.74) is 0.837. The van der Waals surface area contributed by atoms with E-state index < -0.39 is 23.5 Å². The van der Waals surface area contributed by atoms with Crippen molar-refractivity contribution in [2.45, 2.75) is 18.4 Å². The topological polar surface area (TPSA) is 62.3 Å². The van der Waals surface area contributed by atoms with Crippen molar-refractivity contribution in [2.75, 3.05) is 6.54 Å². The van der Waals surface area contributed by atoms with Gasteiger partial charge in [-0.25, -0.2) is 18.0 Å². The average Bonchev–Trinajstić information content (AvgIpc) is 3.31. The number of imide groups is 1. The third-order valence-electron chi connectivity index (χ3n) is 4.49. The second kappa shape index (κ2) is 5.58. The molecule has 1 N–H and O–H groups in total. The minimum Gasteiger partial charge on any atom is -0.329 e. The number of carbonyl (C=O) groups excluding carboxylic acids is 2. The molecule has 2 atom stereocenters. The van der Waals surface area contributed by atoms with Gasteiger partial charge in [0.05, 0.1) is 12.2 Å². The first-order valence-corrected chi connectivity index (χ1v) is 7.67. The zero-order valence-electron chi connectivity index (χ0n) is 12.8. The van der Waals surface area contributed by atoms with Crippen molar-refractivity contribution in [3.8, 4) is 11.3 Å². The molecule has 25 heavy (non-hydrogen) atoms. The van der Waals surface area contributed by atoms with Crippen molar-refractivity contribution in [1.29, 1.82) is 0 Å². The number of rotatable bonds is 3. The van der Waals surface area contributed by atoms with E-state index in [-0.39, 0.29) is 35.7 Å². The van der Waals surface area contributed by atoms with Gasteiger partial charge in [0.2, 0.25) is 5.91 Å². The van der Waals surface area contributed by atoms with Gasteiger partial charge in [-0.3, -0.25) is 14.7 Å². The molecule has 1 aliphatic carbocycles. The lowest BCUT2D eigenvalue weighted by molar-refractivity contribution is -0.125. The van der Waals surface area contributed by atoms with E-state index in [1.807, 2.05) is 0 Å². The van der Waals surface area contributed by atoms with Gasteiger partial charge in [0.1, 0.15) is 0 Å². The summed E-state index contributed by atoms with van der Waals surface area (Å²) < 4.78 is 40.2. The van der Waals surface area contributed by atoms with Crippen LogP contribution in [0.1, 0.15) is 17.9 Å². The van der Waals surface area contributed by atoms with Crippen LogP contribution in [-0.4, -0.2) is 34.4 Å². The molecule has 0 unspecified atom stereocenters. The van der Waals surface area contributed by atoms with E-state index in [2.05, 4.69) is 10.3 Å². The normalized spacial score (nSPS) is 22.3. The molecule has 1 saturated carbocycles. The summed E-state index contributed by atoms with van der Waals surface area (Å²) in [6.45, 7) is 0.00858. The lowest BCUT2D eigenvalue weighted by atomic mass is 10.1. The van der Waals surface area contributed by atoms with Crippen LogP contribution < -0.4 is 5.32 Å². The maximum Gasteiger partial charge on any atom is 0.324 e. The second-order valence-corrected chi connectivity index (χ2v) is 6.03. The Morgan fingerprint density at radius 1 is 1.08 bits per heavy atom. The fraction of sp³-hybridized carbons (Fsp3) is 0.235. The van der Waals surface area contributed by atoms with Crippen LogP contribution in [0.25, 0.3) is 11.3 Å². The van der Waals surface area contributed by atoms with Crippen molar-refractivity contribution in [1.82, 2.24) is 15.2 Å². The van der Waals surface area contributed by atoms with E-state index >= 15 is 0 Å². The largest absolute Gasteiger partial charge is 0.329 e. The SMILES string of the molecule is O=C1CNC(=O)N1[C@H]1C[C@@H]1c1ccc(-c2ccc(F)c(F)c2F)nc1. The summed E-state index contributed by atoms with van der Waals surface area (Å²) in [6, 6.07) is 4.56. The molecular formula is C17H12F3N3O2. The van der Waals surface area contributed by atoms with Crippen LogP contribution in [-0.2, 0) is 4.79 Å². The van der Waals surface area contributed by atoms with Crippen molar-refractivity contribution in [3.05, 3.63) is 53.5 Å². The molecule has 1 aromatic heterocycles. The van der Waals surface area contributed by atoms with Gasteiger partial charge in [-0.05, 0) is 30.2 Å². The predicted octanol–water partition coefficient (Wildman–Crippen LogP) is 2.57. The molecule has 128 valence electrons. The Hall–Kier alpha value is -2.90. The molecule has 2 aromatic rings. The highest BCUT2D eigenvalue weighted by Gasteiger charge is 2.49. The van der Waals surface area contributed by atoms with Gasteiger partial charge in [-0.15, -0.1) is 0 Å². The number of halogens is 3. The van der Waals surface area contributed by atoms with Crippen LogP contribution in [0.2, 0.25) is 0 Å². The average molecular weight is 347 g/mol. The smallest absolute Gasteiger partial charge is 0.324 e. The van der Waals surface area contributed by atoms with E-state index in [0.717, 1.165) is 17.7 Å². The van der Waals surface area contributed by atoms with Crippen LogP contribution >= 0.6 is 0 Å². The number of benzene rings is 1. The third-order valence-corrected chi connectivity index (χ3v) is 4.49. The number of nitrogens with one attached hydrogen (secondary N) is 1. The van der Waals surface area contributed by atoms with Crippen LogP contribution in [0, 0.1) is 17.5 Å². The van der Waals surface area contributed by atoms with Gasteiger partial charge in [-0.1, -0.05) is 6.07 Å². The van der Waals surface area contributed by atoms with E-state index in [9.17, 15) is 22.8 Å². The monoisotopic (exact) mass is 347 g/mol. The standard InChI is InChI=1S/C17H12F3N3O2/c18-11-3-2-9(15(19)16(11)20)12-4-1-8(6-21-12)10-5-13(10)23-14(24)7-22-17(23)25/h1-4,6,10,13H,5,7H2,(H,22,25)/t10-,13+/m1/s1. The third kappa shape index (κ3) is 2.54. The predicted molar refractivity (Wildman–Crippen MR) is 80.9 cm³/mol. The minimum atomic E-state index is -1.54. The molecule has 0 spiro atoms. The summed E-state index contributed by atoms with van der Waals surface area (Å²) in [5, 5.41) is 2.47. The molecule has 4 rings (SSSR count). The van der Waals surface area contributed by atoms with E-state index in [1.54, 1.807) is 6.07 Å². The van der Waals surface area contributed by atoms with Crippen LogP contribution in [0.5, 0.6) is 0 Å². The first-order chi connectivity index (χ1) is 12.0. The molecule has 1 saturated heterocycles. The zero-order chi connectivity index (χ0) is 17.7. The molecule has 1 aromatic carbocycles. The second-order valence-electron chi connectivity index (χ2n) is 6.03. The molecule has 8 heteroatoms. The lowest BCUT2D eigenvalue weighted by Gasteiger charge is -2.12. The lowest BCUT2D eigenvalue weighted by Crippen LogP contribution is -2.33. The number of amides is 3. The number of nitrogens with zero attached hydrogens (tertiary/aromatic N) is 2. The maximum atomic E-state index is 13.8. The summed E-state index contributed by atoms with van der Waals surface area (Å²) >= 11 is 0. The zero-order valence-corrected chi connectivity index (χ0v) is 12.8. The molecule has 2 aliphatic rings. The number of pyridine rings is 1. The van der Waals surface area contributed by atoms with Crippen molar-refractivity contribution < 1.29 is 22.8 Å². The van der Waals surface area contributed by atoms with Gasteiger partial charge in [0.25, 0.3) is 0 Å². The van der Waals surface area contributed by atoms with E-state index in [4.69, 9.17) is 0 Å². The fourth-order valence-electron chi connectivity index (χ4n) is 3.10. The maximum absolute atomic E-state index is 13.8. The van der Waals surface area contributed by atoms with Crippen LogP contribution in [0.4, 0.5) is 18.0 Å². The number of hydrogen-bond donors (Lipinski definition) is 1. The summed E-state index contributed by atoms with van der Waals surface area (Å²) in [5.74, 6) is -4.37. The fourth-order valence-corrected chi connectivity index (χ4v) is 3.10. The summed E-state index contributed by atoms with van der Waals surface area (Å²) in [6.07, 6.45) is 2.14. The Bertz CT molecular complexity index is 869. The molecule has 5 nitrogen and oxygen atoms in total. The van der Waals surface area contributed by atoms with Gasteiger partial charge >= 0.3 is 6.03 Å². The summed E-state index contributed by atoms with van der Waals surface area (Å²) in [4.78, 5) is 28.7.